The van der Waals surface area contributed by atoms with Gasteiger partial charge in [-0.3, -0.25) is 0 Å². The van der Waals surface area contributed by atoms with Gasteiger partial charge >= 0.3 is 0 Å². The van der Waals surface area contributed by atoms with Crippen LogP contribution in [0.3, 0.4) is 0 Å². The highest BCUT2D eigenvalue weighted by atomic mass is 19.1. The van der Waals surface area contributed by atoms with Gasteiger partial charge in [-0.15, -0.1) is 0 Å². The molecule has 3 heterocycles. The Kier molecular flexibility index (Phi) is 5.16. The molecule has 186 valence electrons. The molecule has 0 spiro atoms. The molecule has 0 bridgehead atoms. The number of ether oxygens (including phenoxy) is 1. The molecular formula is C28H36FN5O. The van der Waals surface area contributed by atoms with E-state index in [2.05, 4.69) is 32.0 Å². The fraction of sp³-hybridized carbons (Fsp3) is 0.536. The Balaban J connectivity index is 0.00000140. The molecule has 1 aromatic carbocycles. The van der Waals surface area contributed by atoms with Gasteiger partial charge in [0.25, 0.3) is 0 Å². The van der Waals surface area contributed by atoms with Crippen molar-refractivity contribution in [3.63, 3.8) is 0 Å². The lowest BCUT2D eigenvalue weighted by atomic mass is 10.0. The number of anilines is 1. The van der Waals surface area contributed by atoms with E-state index in [4.69, 9.17) is 9.72 Å². The van der Waals surface area contributed by atoms with Crippen molar-refractivity contribution < 1.29 is 12.0 Å². The Morgan fingerprint density at radius 1 is 1.06 bits per heavy atom. The highest BCUT2D eigenvalue weighted by molar-refractivity contribution is 5.89. The van der Waals surface area contributed by atoms with Gasteiger partial charge in [0.05, 0.1) is 11.2 Å². The van der Waals surface area contributed by atoms with Crippen molar-refractivity contribution in [2.24, 2.45) is 11.8 Å². The van der Waals surface area contributed by atoms with Crippen LogP contribution in [0.5, 0.6) is 0 Å². The minimum Gasteiger partial charge on any atom is -0.381 e. The number of halogens is 1. The molecule has 3 aliphatic carbocycles. The zero-order valence-corrected chi connectivity index (χ0v) is 20.3. The van der Waals surface area contributed by atoms with Crippen LogP contribution in [0.1, 0.15) is 76.5 Å². The number of fused-ring (bicyclic) bond motifs is 3. The number of nitrogens with zero attached hydrogens (tertiary/aromatic N) is 4. The third-order valence-electron chi connectivity index (χ3n) is 8.62. The van der Waals surface area contributed by atoms with Gasteiger partial charge in [0, 0.05) is 46.3 Å². The molecule has 7 rings (SSSR count). The molecule has 2 unspecified atom stereocenters. The van der Waals surface area contributed by atoms with Crippen LogP contribution in [0.25, 0.3) is 16.6 Å². The van der Waals surface area contributed by atoms with Gasteiger partial charge < -0.3 is 14.6 Å². The summed E-state index contributed by atoms with van der Waals surface area (Å²) in [5.41, 5.74) is 5.32. The summed E-state index contributed by atoms with van der Waals surface area (Å²) >= 11 is 0. The van der Waals surface area contributed by atoms with Crippen LogP contribution in [0.15, 0.2) is 24.4 Å². The van der Waals surface area contributed by atoms with Crippen LogP contribution < -0.4 is 5.32 Å². The molecule has 1 aliphatic heterocycles. The van der Waals surface area contributed by atoms with E-state index in [9.17, 15) is 0 Å². The summed E-state index contributed by atoms with van der Waals surface area (Å²) in [4.78, 5) is 14.1. The van der Waals surface area contributed by atoms with E-state index in [1.807, 2.05) is 13.1 Å². The first-order valence-corrected chi connectivity index (χ1v) is 13.2. The maximum Gasteiger partial charge on any atom is 0.223 e. The van der Waals surface area contributed by atoms with E-state index in [0.717, 1.165) is 78.0 Å². The van der Waals surface area contributed by atoms with Crippen molar-refractivity contribution in [3.05, 3.63) is 52.9 Å². The Morgan fingerprint density at radius 3 is 2.66 bits per heavy atom. The standard InChI is InChI=1S/C28H32FN5O.2H2/c1-16-31-27-24(29)13-19(14-26(27)34(16)21-4-2-17-12-18(17)3-5-21)22-6-7-25-23(22)15-30-28(33-25)32-20-8-10-35-11-9-20;;/h6,13-15,17-18,20-21H,2-5,7-12H2,1H3,(H,30,32,33);2*1H. The zero-order valence-electron chi connectivity index (χ0n) is 20.3. The molecule has 0 amide bonds. The summed E-state index contributed by atoms with van der Waals surface area (Å²) < 4.78 is 23.1. The molecule has 3 fully saturated rings. The van der Waals surface area contributed by atoms with Crippen LogP contribution >= 0.6 is 0 Å². The molecular weight excluding hydrogens is 441 g/mol. The SMILES string of the molecule is Cc1nc2c(F)cc(C3=CCc4nc(NC5CCOCC5)ncc43)cc2n1C1CCC2CC2CC1.[HH].[HH]. The predicted molar refractivity (Wildman–Crippen MR) is 138 cm³/mol. The van der Waals surface area contributed by atoms with E-state index in [-0.39, 0.29) is 8.67 Å². The molecule has 2 aromatic heterocycles. The molecule has 6 nitrogen and oxygen atoms in total. The fourth-order valence-electron chi connectivity index (χ4n) is 6.59. The largest absolute Gasteiger partial charge is 0.381 e. The first-order valence-electron chi connectivity index (χ1n) is 13.2. The van der Waals surface area contributed by atoms with Crippen LogP contribution in [-0.2, 0) is 11.2 Å². The number of benzene rings is 1. The number of imidazole rings is 1. The third-order valence-corrected chi connectivity index (χ3v) is 8.62. The second kappa shape index (κ2) is 8.40. The number of nitrogens with one attached hydrogen (secondary N) is 1. The number of hydrogen-bond acceptors (Lipinski definition) is 5. The Morgan fingerprint density at radius 2 is 1.86 bits per heavy atom. The normalized spacial score (nSPS) is 26.2. The smallest absolute Gasteiger partial charge is 0.223 e. The lowest BCUT2D eigenvalue weighted by Crippen LogP contribution is -2.28. The predicted octanol–water partition coefficient (Wildman–Crippen LogP) is 6.10. The molecule has 0 radical (unpaired) electrons. The number of aryl methyl sites for hydroxylation is 1. The van der Waals surface area contributed by atoms with Crippen molar-refractivity contribution in [1.82, 2.24) is 19.5 Å². The zero-order chi connectivity index (χ0) is 23.5. The first-order chi connectivity index (χ1) is 17.1. The van der Waals surface area contributed by atoms with Crippen LogP contribution in [-0.4, -0.2) is 38.8 Å². The third kappa shape index (κ3) is 3.84. The lowest BCUT2D eigenvalue weighted by Gasteiger charge is -2.23. The molecule has 2 saturated carbocycles. The molecule has 4 aliphatic rings. The van der Waals surface area contributed by atoms with E-state index in [1.54, 1.807) is 6.07 Å². The molecule has 3 aromatic rings. The average Bonchev–Trinajstić information content (AvgIpc) is 3.41. The van der Waals surface area contributed by atoms with Crippen molar-refractivity contribution >= 4 is 22.6 Å². The summed E-state index contributed by atoms with van der Waals surface area (Å²) in [5.74, 6) is 3.20. The van der Waals surface area contributed by atoms with Crippen molar-refractivity contribution in [1.29, 1.82) is 0 Å². The van der Waals surface area contributed by atoms with Gasteiger partial charge in [-0.2, -0.15) is 0 Å². The topological polar surface area (TPSA) is 64.9 Å². The second-order valence-electron chi connectivity index (χ2n) is 10.8. The maximum atomic E-state index is 15.4. The van der Waals surface area contributed by atoms with E-state index in [0.29, 0.717) is 23.5 Å². The number of aromatic nitrogens is 4. The number of allylic oxidation sites excluding steroid dienone is 1. The summed E-state index contributed by atoms with van der Waals surface area (Å²) in [6.07, 6.45) is 13.1. The molecule has 35 heavy (non-hydrogen) atoms. The van der Waals surface area contributed by atoms with Crippen LogP contribution in [0, 0.1) is 24.6 Å². The van der Waals surface area contributed by atoms with Crippen molar-refractivity contribution in [2.75, 3.05) is 18.5 Å². The minimum atomic E-state index is -0.246. The fourth-order valence-corrected chi connectivity index (χ4v) is 6.59. The summed E-state index contributed by atoms with van der Waals surface area (Å²) in [6.45, 7) is 3.58. The van der Waals surface area contributed by atoms with Gasteiger partial charge in [-0.25, -0.2) is 19.3 Å². The second-order valence-corrected chi connectivity index (χ2v) is 10.8. The maximum absolute atomic E-state index is 15.4. The molecule has 1 saturated heterocycles. The van der Waals surface area contributed by atoms with Crippen molar-refractivity contribution in [2.45, 2.75) is 70.4 Å². The van der Waals surface area contributed by atoms with Crippen LogP contribution in [0.2, 0.25) is 0 Å². The number of hydrogen-bond donors (Lipinski definition) is 1. The Hall–Kier alpha value is -2.80. The molecule has 2 atom stereocenters. The van der Waals surface area contributed by atoms with E-state index in [1.165, 1.54) is 32.1 Å². The Bertz CT molecular complexity index is 1320. The highest BCUT2D eigenvalue weighted by Gasteiger charge is 2.39. The highest BCUT2D eigenvalue weighted by Crippen LogP contribution is 2.50. The van der Waals surface area contributed by atoms with Gasteiger partial charge in [0.2, 0.25) is 5.95 Å². The average molecular weight is 478 g/mol. The van der Waals surface area contributed by atoms with Gasteiger partial charge in [-0.05, 0) is 87.0 Å². The summed E-state index contributed by atoms with van der Waals surface area (Å²) in [6, 6.07) is 4.54. The van der Waals surface area contributed by atoms with Gasteiger partial charge in [0.15, 0.2) is 5.82 Å². The minimum absolute atomic E-state index is 0. The summed E-state index contributed by atoms with van der Waals surface area (Å²) in [7, 11) is 0. The van der Waals surface area contributed by atoms with E-state index < -0.39 is 0 Å². The molecule has 7 heteroatoms. The number of rotatable bonds is 4. The van der Waals surface area contributed by atoms with Gasteiger partial charge in [0.1, 0.15) is 11.3 Å². The monoisotopic (exact) mass is 477 g/mol. The van der Waals surface area contributed by atoms with E-state index >= 15 is 4.39 Å². The molecule has 1 N–H and O–H groups in total. The quantitative estimate of drug-likeness (QED) is 0.492. The lowest BCUT2D eigenvalue weighted by molar-refractivity contribution is 0.0903. The van der Waals surface area contributed by atoms with Gasteiger partial charge in [-0.1, -0.05) is 6.08 Å². The van der Waals surface area contributed by atoms with Crippen molar-refractivity contribution in [3.8, 4) is 0 Å². The van der Waals surface area contributed by atoms with Crippen LogP contribution in [0.4, 0.5) is 10.3 Å². The first kappa shape index (κ1) is 21.5. The summed E-state index contributed by atoms with van der Waals surface area (Å²) in [5, 5.41) is 3.46. The Labute approximate surface area is 208 Å².